The maximum Gasteiger partial charge on any atom is 0.396 e. The summed E-state index contributed by atoms with van der Waals surface area (Å²) in [5.41, 5.74) is 0.926. The second-order valence-corrected chi connectivity index (χ2v) is 9.19. The van der Waals surface area contributed by atoms with E-state index >= 15 is 0 Å². The first kappa shape index (κ1) is 24.0. The number of carbonyl (C=O) groups excluding carboxylic acids is 3. The molecule has 3 amide bonds. The Kier molecular flexibility index (Phi) is 6.13. The second-order valence-electron chi connectivity index (χ2n) is 8.42. The Hall–Kier alpha value is -4.10. The Morgan fingerprint density at radius 2 is 1.63 bits per heavy atom. The van der Waals surface area contributed by atoms with Crippen LogP contribution in [0.5, 0.6) is 0 Å². The minimum absolute atomic E-state index is 0.104. The van der Waals surface area contributed by atoms with Crippen molar-refractivity contribution in [3.05, 3.63) is 63.6 Å². The van der Waals surface area contributed by atoms with E-state index in [9.17, 15) is 19.2 Å². The molecule has 2 aromatic carbocycles. The zero-order valence-electron chi connectivity index (χ0n) is 18.6. The largest absolute Gasteiger partial charge is 0.474 e. The van der Waals surface area contributed by atoms with Gasteiger partial charge in [-0.2, -0.15) is 5.01 Å². The van der Waals surface area contributed by atoms with E-state index in [0.717, 1.165) is 0 Å². The van der Waals surface area contributed by atoms with Crippen molar-refractivity contribution in [2.45, 2.75) is 13.8 Å². The van der Waals surface area contributed by atoms with Gasteiger partial charge >= 0.3 is 11.9 Å². The van der Waals surface area contributed by atoms with Crippen molar-refractivity contribution in [3.63, 3.8) is 0 Å². The number of carboxylic acids is 1. The number of rotatable bonds is 4. The van der Waals surface area contributed by atoms with Crippen molar-refractivity contribution in [3.8, 4) is 5.69 Å². The third-order valence-corrected chi connectivity index (χ3v) is 5.97. The summed E-state index contributed by atoms with van der Waals surface area (Å²) in [4.78, 5) is 48.8. The molecule has 11 nitrogen and oxygen atoms in total. The lowest BCUT2D eigenvalue weighted by Gasteiger charge is -2.26. The highest BCUT2D eigenvalue weighted by atomic mass is 32.1. The standard InChI is InChI=1S/C22H20N6O5S2/c1-22(2)11-26(28(19(22)33)17(30)18(31)32)14-8-6-12(7-9-14)16(29)23-13-4-3-5-15(10-13)27-20(34)24-25-21(27)35/h3-10H,11H2,1-2H3,(H,23,29)(H,24,34)(H,25,35)(H,31,32). The number of hydrogen-bond acceptors (Lipinski definition) is 7. The second kappa shape index (κ2) is 8.92. The van der Waals surface area contributed by atoms with Crippen LogP contribution in [0, 0.1) is 15.0 Å². The normalized spacial score (nSPS) is 14.7. The van der Waals surface area contributed by atoms with Gasteiger partial charge in [-0.05, 0) is 80.7 Å². The van der Waals surface area contributed by atoms with Gasteiger partial charge in [-0.25, -0.2) is 4.79 Å². The number of nitrogens with one attached hydrogen (secondary N) is 3. The number of aliphatic carboxylic acids is 1. The van der Waals surface area contributed by atoms with Gasteiger partial charge in [0, 0.05) is 11.3 Å². The predicted molar refractivity (Wildman–Crippen MR) is 131 cm³/mol. The number of aromatic amines is 2. The number of H-pyrrole nitrogens is 2. The van der Waals surface area contributed by atoms with Crippen LogP contribution >= 0.6 is 24.4 Å². The molecule has 180 valence electrons. The number of carbonyl (C=O) groups is 4. The Balaban J connectivity index is 1.55. The Labute approximate surface area is 208 Å². The van der Waals surface area contributed by atoms with Gasteiger partial charge in [0.1, 0.15) is 0 Å². The van der Waals surface area contributed by atoms with E-state index in [-0.39, 0.29) is 6.54 Å². The number of imide groups is 1. The summed E-state index contributed by atoms with van der Waals surface area (Å²) in [5.74, 6) is -4.09. The summed E-state index contributed by atoms with van der Waals surface area (Å²) in [7, 11) is 0. The van der Waals surface area contributed by atoms with Crippen LogP contribution in [0.25, 0.3) is 5.69 Å². The van der Waals surface area contributed by atoms with Gasteiger partial charge in [0.25, 0.3) is 11.8 Å². The zero-order chi connectivity index (χ0) is 25.5. The van der Waals surface area contributed by atoms with Gasteiger partial charge in [0.2, 0.25) is 0 Å². The van der Waals surface area contributed by atoms with Crippen molar-refractivity contribution in [1.82, 2.24) is 19.8 Å². The quantitative estimate of drug-likeness (QED) is 0.309. The molecule has 1 saturated heterocycles. The van der Waals surface area contributed by atoms with Crippen LogP contribution in [0.2, 0.25) is 0 Å². The fourth-order valence-electron chi connectivity index (χ4n) is 3.66. The molecule has 0 unspecified atom stereocenters. The fourth-order valence-corrected chi connectivity index (χ4v) is 4.22. The number of aromatic nitrogens is 3. The predicted octanol–water partition coefficient (Wildman–Crippen LogP) is 3.05. The summed E-state index contributed by atoms with van der Waals surface area (Å²) >= 11 is 10.4. The first-order valence-electron chi connectivity index (χ1n) is 10.3. The third kappa shape index (κ3) is 4.50. The van der Waals surface area contributed by atoms with Gasteiger partial charge in [-0.15, -0.1) is 0 Å². The molecule has 13 heteroatoms. The van der Waals surface area contributed by atoms with E-state index in [0.29, 0.717) is 37.2 Å². The Bertz CT molecular complexity index is 1440. The van der Waals surface area contributed by atoms with Crippen molar-refractivity contribution in [1.29, 1.82) is 0 Å². The molecule has 0 saturated carbocycles. The maximum atomic E-state index is 12.8. The van der Waals surface area contributed by atoms with Crippen molar-refractivity contribution < 1.29 is 24.3 Å². The maximum absolute atomic E-state index is 12.8. The molecular weight excluding hydrogens is 492 g/mol. The fraction of sp³-hybridized carbons (Fsp3) is 0.182. The highest BCUT2D eigenvalue weighted by Gasteiger charge is 2.49. The van der Waals surface area contributed by atoms with Crippen LogP contribution in [0.15, 0.2) is 48.5 Å². The third-order valence-electron chi connectivity index (χ3n) is 5.41. The summed E-state index contributed by atoms with van der Waals surface area (Å²) < 4.78 is 2.37. The molecule has 35 heavy (non-hydrogen) atoms. The summed E-state index contributed by atoms with van der Waals surface area (Å²) in [5, 5.41) is 19.4. The first-order chi connectivity index (χ1) is 16.5. The van der Waals surface area contributed by atoms with Crippen molar-refractivity contribution in [2.24, 2.45) is 5.41 Å². The lowest BCUT2D eigenvalue weighted by Crippen LogP contribution is -2.47. The van der Waals surface area contributed by atoms with E-state index in [1.807, 2.05) is 0 Å². The van der Waals surface area contributed by atoms with Crippen molar-refractivity contribution >= 4 is 59.5 Å². The minimum atomic E-state index is -1.73. The Morgan fingerprint density at radius 3 is 2.23 bits per heavy atom. The molecule has 0 atom stereocenters. The van der Waals surface area contributed by atoms with Gasteiger partial charge in [-0.1, -0.05) is 6.07 Å². The first-order valence-corrected chi connectivity index (χ1v) is 11.1. The number of anilines is 2. The molecule has 1 aliphatic rings. The monoisotopic (exact) mass is 512 g/mol. The van der Waals surface area contributed by atoms with Crippen LogP contribution in [-0.2, 0) is 14.4 Å². The number of hydrazine groups is 1. The van der Waals surface area contributed by atoms with Crippen LogP contribution in [0.1, 0.15) is 24.2 Å². The molecule has 3 aromatic rings. The Morgan fingerprint density at radius 1 is 1.00 bits per heavy atom. The lowest BCUT2D eigenvalue weighted by molar-refractivity contribution is -0.160. The van der Waals surface area contributed by atoms with E-state index in [4.69, 9.17) is 29.5 Å². The van der Waals surface area contributed by atoms with Crippen LogP contribution in [-0.4, -0.2) is 55.1 Å². The molecule has 1 fully saturated rings. The van der Waals surface area contributed by atoms with Crippen LogP contribution in [0.4, 0.5) is 11.4 Å². The highest BCUT2D eigenvalue weighted by molar-refractivity contribution is 7.72. The molecule has 0 spiro atoms. The average Bonchev–Trinajstić information content (AvgIpc) is 3.27. The van der Waals surface area contributed by atoms with Gasteiger partial charge < -0.3 is 10.4 Å². The van der Waals surface area contributed by atoms with Crippen molar-refractivity contribution in [2.75, 3.05) is 16.9 Å². The smallest absolute Gasteiger partial charge is 0.396 e. The van der Waals surface area contributed by atoms with E-state index in [2.05, 4.69) is 15.5 Å². The topological polar surface area (TPSA) is 144 Å². The summed E-state index contributed by atoms with van der Waals surface area (Å²) in [6, 6.07) is 13.1. The summed E-state index contributed by atoms with van der Waals surface area (Å²) in [6.07, 6.45) is 0. The molecule has 1 aromatic heterocycles. The zero-order valence-corrected chi connectivity index (χ0v) is 20.2. The minimum Gasteiger partial charge on any atom is -0.474 e. The molecule has 0 radical (unpaired) electrons. The number of carboxylic acid groups (broad SMARTS) is 1. The van der Waals surface area contributed by atoms with Gasteiger partial charge in [0.05, 0.1) is 23.3 Å². The molecular formula is C22H20N6O5S2. The molecule has 4 N–H and O–H groups in total. The molecule has 2 heterocycles. The van der Waals surface area contributed by atoms with Gasteiger partial charge in [-0.3, -0.25) is 34.2 Å². The van der Waals surface area contributed by atoms with Gasteiger partial charge in [0.15, 0.2) is 9.54 Å². The molecule has 1 aliphatic heterocycles. The summed E-state index contributed by atoms with van der Waals surface area (Å²) in [6.45, 7) is 3.36. The highest BCUT2D eigenvalue weighted by Crippen LogP contribution is 2.33. The molecule has 0 bridgehead atoms. The number of amides is 3. The number of nitrogens with zero attached hydrogens (tertiary/aromatic N) is 3. The number of benzene rings is 2. The SMILES string of the molecule is CC1(C)CN(c2ccc(C(=O)Nc3cccc(-n4c(=S)[nH][nH]c4=S)c3)cc2)N(C(=O)C(=O)O)C1=O. The van der Waals surface area contributed by atoms with E-state index < -0.39 is 29.1 Å². The molecule has 0 aliphatic carbocycles. The van der Waals surface area contributed by atoms with E-state index in [1.165, 1.54) is 17.1 Å². The lowest BCUT2D eigenvalue weighted by atomic mass is 9.94. The number of hydrogen-bond donors (Lipinski definition) is 4. The van der Waals surface area contributed by atoms with Crippen LogP contribution in [0.3, 0.4) is 0 Å². The van der Waals surface area contributed by atoms with E-state index in [1.54, 1.807) is 54.8 Å². The van der Waals surface area contributed by atoms with Crippen LogP contribution < -0.4 is 10.3 Å². The molecule has 4 rings (SSSR count). The average molecular weight is 513 g/mol.